The summed E-state index contributed by atoms with van der Waals surface area (Å²) in [5, 5.41) is 10.1. The highest BCUT2D eigenvalue weighted by Crippen LogP contribution is 2.45. The van der Waals surface area contributed by atoms with Crippen LogP contribution in [0.3, 0.4) is 0 Å². The molecule has 1 amide bonds. The van der Waals surface area contributed by atoms with Gasteiger partial charge in [-0.1, -0.05) is 50.6 Å². The zero-order chi connectivity index (χ0) is 18.7. The van der Waals surface area contributed by atoms with Crippen LogP contribution in [0.25, 0.3) is 0 Å². The first-order valence-corrected chi connectivity index (χ1v) is 9.67. The highest BCUT2D eigenvalue weighted by atomic mass is 16.6. The van der Waals surface area contributed by atoms with E-state index in [0.29, 0.717) is 24.7 Å². The number of hydrogen-bond donors (Lipinski definition) is 1. The van der Waals surface area contributed by atoms with Gasteiger partial charge in [-0.05, 0) is 49.5 Å². The molecule has 2 fully saturated rings. The lowest BCUT2D eigenvalue weighted by atomic mass is 9.71. The molecule has 1 aromatic rings. The van der Waals surface area contributed by atoms with Crippen LogP contribution >= 0.6 is 0 Å². The second-order valence-electron chi connectivity index (χ2n) is 8.08. The van der Waals surface area contributed by atoms with Crippen molar-refractivity contribution in [1.29, 1.82) is 0 Å². The Balaban J connectivity index is 1.79. The maximum atomic E-state index is 12.9. The largest absolute Gasteiger partial charge is 0.479 e. The molecule has 0 aliphatic heterocycles. The van der Waals surface area contributed by atoms with Crippen molar-refractivity contribution in [2.45, 2.75) is 70.6 Å². The number of carboxylic acids is 1. The first kappa shape index (κ1) is 18.7. The van der Waals surface area contributed by atoms with Gasteiger partial charge in [-0.3, -0.25) is 4.90 Å². The number of aliphatic carboxylic acids is 1. The van der Waals surface area contributed by atoms with Crippen LogP contribution in [0.5, 0.6) is 0 Å². The van der Waals surface area contributed by atoms with Crippen LogP contribution in [0.15, 0.2) is 30.3 Å². The predicted molar refractivity (Wildman–Crippen MR) is 98.7 cm³/mol. The molecular weight excluding hydrogens is 330 g/mol. The minimum Gasteiger partial charge on any atom is -0.479 e. The molecule has 2 saturated carbocycles. The fraction of sp³-hybridized carbons (Fsp3) is 0.619. The summed E-state index contributed by atoms with van der Waals surface area (Å²) in [4.78, 5) is 26.8. The maximum absolute atomic E-state index is 12.9. The summed E-state index contributed by atoms with van der Waals surface area (Å²) in [5.74, 6) is -0.148. The molecular formula is C21H29NO4. The van der Waals surface area contributed by atoms with Gasteiger partial charge in [0.15, 0.2) is 0 Å². The number of carboxylic acid groups (broad SMARTS) is 1. The smallest absolute Gasteiger partial charge is 0.411 e. The number of ether oxygens (including phenoxy) is 1. The van der Waals surface area contributed by atoms with Crippen LogP contribution in [-0.2, 0) is 16.1 Å². The van der Waals surface area contributed by atoms with E-state index in [1.165, 1.54) is 0 Å². The number of amides is 1. The van der Waals surface area contributed by atoms with Crippen molar-refractivity contribution in [1.82, 2.24) is 4.90 Å². The normalized spacial score (nSPS) is 25.7. The molecule has 26 heavy (non-hydrogen) atoms. The molecule has 1 aromatic carbocycles. The first-order chi connectivity index (χ1) is 12.4. The van der Waals surface area contributed by atoms with Crippen LogP contribution in [0.1, 0.15) is 57.9 Å². The van der Waals surface area contributed by atoms with Crippen molar-refractivity contribution in [2.75, 3.05) is 0 Å². The minimum atomic E-state index is -1.12. The van der Waals surface area contributed by atoms with Gasteiger partial charge in [0.2, 0.25) is 0 Å². The van der Waals surface area contributed by atoms with E-state index in [4.69, 9.17) is 4.74 Å². The number of rotatable bonds is 6. The van der Waals surface area contributed by atoms with Crippen LogP contribution in [-0.4, -0.2) is 33.6 Å². The van der Waals surface area contributed by atoms with E-state index in [-0.39, 0.29) is 12.6 Å². The van der Waals surface area contributed by atoms with Gasteiger partial charge in [0.25, 0.3) is 0 Å². The van der Waals surface area contributed by atoms with E-state index in [1.807, 2.05) is 30.3 Å². The SMILES string of the molecule is CC(C)C1CCCC(C(=O)O)(N(C(=O)OCc2ccccc2)C2CC2)C1. The average molecular weight is 359 g/mol. The summed E-state index contributed by atoms with van der Waals surface area (Å²) < 4.78 is 5.54. The lowest BCUT2D eigenvalue weighted by molar-refractivity contribution is -0.155. The van der Waals surface area contributed by atoms with E-state index >= 15 is 0 Å². The van der Waals surface area contributed by atoms with Crippen molar-refractivity contribution in [2.24, 2.45) is 11.8 Å². The highest BCUT2D eigenvalue weighted by Gasteiger charge is 2.55. The number of nitrogens with zero attached hydrogens (tertiary/aromatic N) is 1. The second-order valence-corrected chi connectivity index (χ2v) is 8.08. The van der Waals surface area contributed by atoms with Gasteiger partial charge in [-0.25, -0.2) is 9.59 Å². The third kappa shape index (κ3) is 3.87. The molecule has 142 valence electrons. The van der Waals surface area contributed by atoms with Gasteiger partial charge in [0, 0.05) is 6.04 Å². The van der Waals surface area contributed by atoms with Gasteiger partial charge in [0.05, 0.1) is 0 Å². The van der Waals surface area contributed by atoms with E-state index in [2.05, 4.69) is 13.8 Å². The Bertz CT molecular complexity index is 641. The predicted octanol–water partition coefficient (Wildman–Crippen LogP) is 4.46. The maximum Gasteiger partial charge on any atom is 0.411 e. The standard InChI is InChI=1S/C21H29NO4/c1-15(2)17-9-6-12-21(13-17,19(23)24)22(18-10-11-18)20(25)26-14-16-7-4-3-5-8-16/h3-5,7-8,15,17-18H,6,9-14H2,1-2H3,(H,23,24). The Morgan fingerprint density at radius 2 is 1.92 bits per heavy atom. The second kappa shape index (κ2) is 7.68. The van der Waals surface area contributed by atoms with Gasteiger partial charge < -0.3 is 9.84 Å². The molecule has 5 nitrogen and oxygen atoms in total. The van der Waals surface area contributed by atoms with Gasteiger partial charge in [-0.15, -0.1) is 0 Å². The molecule has 0 aromatic heterocycles. The molecule has 0 saturated heterocycles. The lowest BCUT2D eigenvalue weighted by Crippen LogP contribution is -2.60. The van der Waals surface area contributed by atoms with Crippen LogP contribution in [0, 0.1) is 11.8 Å². The summed E-state index contributed by atoms with van der Waals surface area (Å²) in [6.45, 7) is 4.45. The average Bonchev–Trinajstić information content (AvgIpc) is 3.46. The highest BCUT2D eigenvalue weighted by molar-refractivity contribution is 5.85. The summed E-state index contributed by atoms with van der Waals surface area (Å²) in [6, 6.07) is 9.51. The number of hydrogen-bond acceptors (Lipinski definition) is 3. The third-order valence-electron chi connectivity index (χ3n) is 5.88. The summed E-state index contributed by atoms with van der Waals surface area (Å²) in [5.41, 5.74) is -0.216. The van der Waals surface area contributed by atoms with E-state index < -0.39 is 17.6 Å². The number of carbonyl (C=O) groups is 2. The zero-order valence-electron chi connectivity index (χ0n) is 15.7. The van der Waals surface area contributed by atoms with Gasteiger partial charge >= 0.3 is 12.1 Å². The molecule has 3 rings (SSSR count). The van der Waals surface area contributed by atoms with Crippen molar-refractivity contribution >= 4 is 12.1 Å². The summed E-state index contributed by atoms with van der Waals surface area (Å²) in [6.07, 6.45) is 4.15. The molecule has 1 N–H and O–H groups in total. The topological polar surface area (TPSA) is 66.8 Å². The molecule has 2 aliphatic carbocycles. The molecule has 0 bridgehead atoms. The fourth-order valence-corrected chi connectivity index (χ4v) is 4.17. The Labute approximate surface area is 155 Å². The molecule has 0 spiro atoms. The Kier molecular flexibility index (Phi) is 5.54. The Morgan fingerprint density at radius 3 is 2.50 bits per heavy atom. The van der Waals surface area contributed by atoms with E-state index in [0.717, 1.165) is 31.2 Å². The molecule has 0 radical (unpaired) electrons. The number of benzene rings is 1. The van der Waals surface area contributed by atoms with Crippen LogP contribution in [0.4, 0.5) is 4.79 Å². The minimum absolute atomic E-state index is 0.000264. The van der Waals surface area contributed by atoms with Crippen molar-refractivity contribution in [3.05, 3.63) is 35.9 Å². The molecule has 2 atom stereocenters. The summed E-state index contributed by atoms with van der Waals surface area (Å²) in [7, 11) is 0. The lowest BCUT2D eigenvalue weighted by Gasteiger charge is -2.46. The van der Waals surface area contributed by atoms with Crippen molar-refractivity contribution < 1.29 is 19.4 Å². The molecule has 5 heteroatoms. The first-order valence-electron chi connectivity index (χ1n) is 9.67. The monoisotopic (exact) mass is 359 g/mol. The van der Waals surface area contributed by atoms with Crippen molar-refractivity contribution in [3.63, 3.8) is 0 Å². The third-order valence-corrected chi connectivity index (χ3v) is 5.88. The fourth-order valence-electron chi connectivity index (χ4n) is 4.17. The Morgan fingerprint density at radius 1 is 1.23 bits per heavy atom. The molecule has 2 aliphatic rings. The van der Waals surface area contributed by atoms with Crippen LogP contribution < -0.4 is 0 Å². The molecule has 2 unspecified atom stereocenters. The quantitative estimate of drug-likeness (QED) is 0.814. The van der Waals surface area contributed by atoms with E-state index in [9.17, 15) is 14.7 Å². The molecule has 0 heterocycles. The van der Waals surface area contributed by atoms with Crippen molar-refractivity contribution in [3.8, 4) is 0 Å². The van der Waals surface area contributed by atoms with Gasteiger partial charge in [0.1, 0.15) is 12.1 Å². The number of carbonyl (C=O) groups excluding carboxylic acids is 1. The Hall–Kier alpha value is -2.04. The summed E-state index contributed by atoms with van der Waals surface area (Å²) >= 11 is 0. The van der Waals surface area contributed by atoms with E-state index in [1.54, 1.807) is 4.90 Å². The van der Waals surface area contributed by atoms with Gasteiger partial charge in [-0.2, -0.15) is 0 Å². The zero-order valence-corrected chi connectivity index (χ0v) is 15.7. The van der Waals surface area contributed by atoms with Crippen LogP contribution in [0.2, 0.25) is 0 Å².